The van der Waals surface area contributed by atoms with Crippen LogP contribution in [0.5, 0.6) is 0 Å². The lowest BCUT2D eigenvalue weighted by Gasteiger charge is -2.20. The SMILES string of the molecule is CCN(CC)S(=O)(=O)c1cc(NC(=O)C(C)Sc2nnc(-c3ccoc3C)n2N)ccc1C. The zero-order valence-electron chi connectivity index (χ0n) is 19.2. The highest BCUT2D eigenvalue weighted by Crippen LogP contribution is 2.28. The smallest absolute Gasteiger partial charge is 0.243 e. The summed E-state index contributed by atoms with van der Waals surface area (Å²) in [7, 11) is -3.66. The average Bonchev–Trinajstić information content (AvgIpc) is 3.35. The van der Waals surface area contributed by atoms with Crippen molar-refractivity contribution in [2.75, 3.05) is 24.2 Å². The Labute approximate surface area is 197 Å². The molecule has 2 aromatic heterocycles. The number of hydrogen-bond donors (Lipinski definition) is 2. The molecule has 0 radical (unpaired) electrons. The molecule has 178 valence electrons. The molecule has 0 saturated heterocycles. The quantitative estimate of drug-likeness (QED) is 0.344. The molecule has 3 rings (SSSR count). The predicted octanol–water partition coefficient (Wildman–Crippen LogP) is 3.02. The van der Waals surface area contributed by atoms with Crippen LogP contribution in [0, 0.1) is 13.8 Å². The first-order chi connectivity index (χ1) is 15.6. The van der Waals surface area contributed by atoms with Gasteiger partial charge in [0, 0.05) is 18.8 Å². The van der Waals surface area contributed by atoms with Gasteiger partial charge in [0.1, 0.15) is 5.76 Å². The molecule has 2 heterocycles. The van der Waals surface area contributed by atoms with Gasteiger partial charge in [0.25, 0.3) is 0 Å². The molecule has 1 atom stereocenters. The van der Waals surface area contributed by atoms with E-state index in [1.54, 1.807) is 59.1 Å². The number of sulfonamides is 1. The normalized spacial score (nSPS) is 12.8. The monoisotopic (exact) mass is 492 g/mol. The molecule has 0 saturated carbocycles. The molecule has 0 spiro atoms. The first kappa shape index (κ1) is 24.8. The van der Waals surface area contributed by atoms with Crippen molar-refractivity contribution in [1.29, 1.82) is 0 Å². The van der Waals surface area contributed by atoms with Crippen LogP contribution >= 0.6 is 11.8 Å². The number of furan rings is 1. The van der Waals surface area contributed by atoms with Gasteiger partial charge >= 0.3 is 0 Å². The minimum atomic E-state index is -3.66. The van der Waals surface area contributed by atoms with Gasteiger partial charge in [-0.1, -0.05) is 31.7 Å². The van der Waals surface area contributed by atoms with Crippen molar-refractivity contribution < 1.29 is 17.6 Å². The van der Waals surface area contributed by atoms with Crippen LogP contribution in [-0.4, -0.2) is 51.8 Å². The predicted molar refractivity (Wildman–Crippen MR) is 128 cm³/mol. The number of nitrogens with zero attached hydrogens (tertiary/aromatic N) is 4. The van der Waals surface area contributed by atoms with E-state index in [2.05, 4.69) is 15.5 Å². The van der Waals surface area contributed by atoms with Gasteiger partial charge < -0.3 is 15.6 Å². The molecule has 3 aromatic rings. The van der Waals surface area contributed by atoms with Gasteiger partial charge in [0.15, 0.2) is 5.82 Å². The van der Waals surface area contributed by atoms with Crippen LogP contribution < -0.4 is 11.2 Å². The summed E-state index contributed by atoms with van der Waals surface area (Å²) in [5, 5.41) is 10.8. The Balaban J connectivity index is 1.76. The number of nitrogens with two attached hydrogens (primary N) is 1. The second kappa shape index (κ2) is 9.98. The fourth-order valence-corrected chi connectivity index (χ4v) is 5.75. The molecule has 0 fully saturated rings. The fraction of sp³-hybridized carbons (Fsp3) is 0.381. The standard InChI is InChI=1S/C21H28N6O4S2/c1-6-26(7-2)33(29,30)18-12-16(9-8-13(18)3)23-20(28)15(5)32-21-25-24-19(27(21)22)17-10-11-31-14(17)4/h8-12,15H,6-7,22H2,1-5H3,(H,23,28). The Morgan fingerprint density at radius 2 is 1.94 bits per heavy atom. The summed E-state index contributed by atoms with van der Waals surface area (Å²) in [6, 6.07) is 6.59. The van der Waals surface area contributed by atoms with E-state index in [1.807, 2.05) is 0 Å². The van der Waals surface area contributed by atoms with E-state index in [9.17, 15) is 13.2 Å². The molecule has 0 aliphatic heterocycles. The van der Waals surface area contributed by atoms with Gasteiger partial charge in [-0.25, -0.2) is 13.1 Å². The lowest BCUT2D eigenvalue weighted by molar-refractivity contribution is -0.115. The topological polar surface area (TPSA) is 136 Å². The average molecular weight is 493 g/mol. The molecule has 12 heteroatoms. The van der Waals surface area contributed by atoms with Gasteiger partial charge in [-0.2, -0.15) is 4.31 Å². The molecule has 3 N–H and O–H groups in total. The molecule has 1 unspecified atom stereocenters. The molecule has 0 aliphatic rings. The Kier molecular flexibility index (Phi) is 7.50. The van der Waals surface area contributed by atoms with Crippen LogP contribution in [-0.2, 0) is 14.8 Å². The van der Waals surface area contributed by atoms with Gasteiger partial charge in [-0.15, -0.1) is 10.2 Å². The Morgan fingerprint density at radius 3 is 2.55 bits per heavy atom. The van der Waals surface area contributed by atoms with Crippen molar-refractivity contribution in [3.8, 4) is 11.4 Å². The Hall–Kier alpha value is -2.83. The zero-order chi connectivity index (χ0) is 24.3. The highest BCUT2D eigenvalue weighted by Gasteiger charge is 2.25. The first-order valence-electron chi connectivity index (χ1n) is 10.4. The number of aromatic nitrogens is 3. The van der Waals surface area contributed by atoms with E-state index >= 15 is 0 Å². The number of hydrogen-bond acceptors (Lipinski definition) is 8. The van der Waals surface area contributed by atoms with Crippen LogP contribution in [0.3, 0.4) is 0 Å². The highest BCUT2D eigenvalue weighted by molar-refractivity contribution is 8.00. The third-order valence-electron chi connectivity index (χ3n) is 5.19. The Bertz CT molecular complexity index is 1250. The third kappa shape index (κ3) is 5.07. The summed E-state index contributed by atoms with van der Waals surface area (Å²) in [6.45, 7) is 9.54. The molecule has 1 amide bonds. The molecule has 1 aromatic carbocycles. The third-order valence-corrected chi connectivity index (χ3v) is 8.44. The number of rotatable bonds is 9. The summed E-state index contributed by atoms with van der Waals surface area (Å²) in [4.78, 5) is 13.0. The maximum Gasteiger partial charge on any atom is 0.243 e. The molecule has 10 nitrogen and oxygen atoms in total. The maximum atomic E-state index is 13.0. The lowest BCUT2D eigenvalue weighted by atomic mass is 10.2. The lowest BCUT2D eigenvalue weighted by Crippen LogP contribution is -2.31. The molecular weight excluding hydrogens is 464 g/mol. The van der Waals surface area contributed by atoms with Crippen LogP contribution in [0.2, 0.25) is 0 Å². The maximum absolute atomic E-state index is 13.0. The number of amides is 1. The molecular formula is C21H28N6O4S2. The number of carbonyl (C=O) groups is 1. The van der Waals surface area contributed by atoms with Gasteiger partial charge in [-0.05, 0) is 44.5 Å². The van der Waals surface area contributed by atoms with Crippen LogP contribution in [0.15, 0.2) is 45.0 Å². The summed E-state index contributed by atoms with van der Waals surface area (Å²) < 4.78 is 33.9. The number of benzene rings is 1. The first-order valence-corrected chi connectivity index (χ1v) is 12.7. The second-order valence-electron chi connectivity index (χ2n) is 7.39. The summed E-state index contributed by atoms with van der Waals surface area (Å²) in [6.07, 6.45) is 1.54. The minimum absolute atomic E-state index is 0.172. The van der Waals surface area contributed by atoms with Crippen molar-refractivity contribution >= 4 is 33.4 Å². The number of thioether (sulfide) groups is 1. The molecule has 0 aliphatic carbocycles. The van der Waals surface area contributed by atoms with E-state index in [1.165, 1.54) is 15.0 Å². The molecule has 33 heavy (non-hydrogen) atoms. The fourth-order valence-electron chi connectivity index (χ4n) is 3.27. The number of aryl methyl sites for hydroxylation is 2. The van der Waals surface area contributed by atoms with E-state index in [0.29, 0.717) is 41.1 Å². The number of anilines is 1. The van der Waals surface area contributed by atoms with Crippen molar-refractivity contribution in [2.24, 2.45) is 0 Å². The molecule has 0 bridgehead atoms. The summed E-state index contributed by atoms with van der Waals surface area (Å²) in [5.41, 5.74) is 1.73. The number of carbonyl (C=O) groups excluding carboxylic acids is 1. The van der Waals surface area contributed by atoms with E-state index in [4.69, 9.17) is 10.3 Å². The van der Waals surface area contributed by atoms with Crippen molar-refractivity contribution in [3.63, 3.8) is 0 Å². The van der Waals surface area contributed by atoms with Crippen LogP contribution in [0.1, 0.15) is 32.1 Å². The van der Waals surface area contributed by atoms with Crippen LogP contribution in [0.4, 0.5) is 5.69 Å². The number of nitrogen functional groups attached to an aromatic ring is 1. The minimum Gasteiger partial charge on any atom is -0.469 e. The van der Waals surface area contributed by atoms with E-state index in [0.717, 1.165) is 17.3 Å². The highest BCUT2D eigenvalue weighted by atomic mass is 32.2. The largest absolute Gasteiger partial charge is 0.469 e. The summed E-state index contributed by atoms with van der Waals surface area (Å²) in [5.74, 6) is 6.90. The summed E-state index contributed by atoms with van der Waals surface area (Å²) >= 11 is 1.14. The van der Waals surface area contributed by atoms with Gasteiger partial charge in [0.05, 0.1) is 22.0 Å². The van der Waals surface area contributed by atoms with Crippen molar-refractivity contribution in [3.05, 3.63) is 41.9 Å². The van der Waals surface area contributed by atoms with E-state index < -0.39 is 15.3 Å². The zero-order valence-corrected chi connectivity index (χ0v) is 20.8. The van der Waals surface area contributed by atoms with Crippen LogP contribution in [0.25, 0.3) is 11.4 Å². The van der Waals surface area contributed by atoms with E-state index in [-0.39, 0.29) is 10.8 Å². The van der Waals surface area contributed by atoms with Gasteiger partial charge in [-0.3, -0.25) is 4.79 Å². The van der Waals surface area contributed by atoms with Crippen molar-refractivity contribution in [2.45, 2.75) is 49.9 Å². The number of nitrogens with one attached hydrogen (secondary N) is 1. The van der Waals surface area contributed by atoms with Crippen molar-refractivity contribution in [1.82, 2.24) is 19.2 Å². The Morgan fingerprint density at radius 1 is 1.24 bits per heavy atom. The van der Waals surface area contributed by atoms with Gasteiger partial charge in [0.2, 0.25) is 21.1 Å². The second-order valence-corrected chi connectivity index (χ2v) is 10.6.